The first-order valence-electron chi connectivity index (χ1n) is 8.47. The molecule has 0 spiro atoms. The number of rotatable bonds is 6. The summed E-state index contributed by atoms with van der Waals surface area (Å²) < 4.78 is 5.38. The second kappa shape index (κ2) is 7.35. The first-order chi connectivity index (χ1) is 11.7. The van der Waals surface area contributed by atoms with E-state index in [0.717, 1.165) is 40.9 Å². The molecule has 124 valence electrons. The van der Waals surface area contributed by atoms with E-state index in [2.05, 4.69) is 72.7 Å². The molecule has 1 aromatic heterocycles. The normalized spacial score (nSPS) is 12.1. The fourth-order valence-corrected chi connectivity index (χ4v) is 3.01. The topological polar surface area (TPSA) is 35.4 Å². The maximum Gasteiger partial charge on any atom is 0.213 e. The van der Waals surface area contributed by atoms with Gasteiger partial charge in [0.1, 0.15) is 5.75 Å². The van der Waals surface area contributed by atoms with Crippen molar-refractivity contribution >= 4 is 16.6 Å². The lowest BCUT2D eigenvalue weighted by Gasteiger charge is -2.16. The zero-order valence-corrected chi connectivity index (χ0v) is 14.6. The lowest BCUT2D eigenvalue weighted by Crippen LogP contribution is -2.18. The van der Waals surface area contributed by atoms with Gasteiger partial charge in [-0.2, -0.15) is 0 Å². The van der Waals surface area contributed by atoms with Crippen molar-refractivity contribution in [3.8, 4) is 5.75 Å². The molecule has 0 aliphatic carbocycles. The van der Waals surface area contributed by atoms with E-state index in [1.807, 2.05) is 6.07 Å². The van der Waals surface area contributed by atoms with Crippen LogP contribution in [0.2, 0.25) is 0 Å². The predicted molar refractivity (Wildman–Crippen MR) is 99.6 cm³/mol. The number of fused-ring (bicyclic) bond motifs is 1. The second-order valence-corrected chi connectivity index (χ2v) is 6.35. The number of anilines is 1. The Bertz CT molecular complexity index is 815. The fraction of sp³-hybridized carbons (Fsp3) is 0.286. The molecule has 3 rings (SSSR count). The highest BCUT2D eigenvalue weighted by Crippen LogP contribution is 2.26. The van der Waals surface area contributed by atoms with E-state index in [0.29, 0.717) is 6.04 Å². The molecule has 0 radical (unpaired) electrons. The van der Waals surface area contributed by atoms with Gasteiger partial charge >= 0.3 is 0 Å². The molecule has 3 nitrogen and oxygen atoms in total. The molecule has 0 aliphatic heterocycles. The summed E-state index contributed by atoms with van der Waals surface area (Å²) in [4.78, 5) is 3.42. The van der Waals surface area contributed by atoms with Crippen molar-refractivity contribution < 1.29 is 9.72 Å². The molecule has 0 aliphatic rings. The smallest absolute Gasteiger partial charge is 0.213 e. The van der Waals surface area contributed by atoms with Crippen LogP contribution in [0.4, 0.5) is 5.69 Å². The maximum atomic E-state index is 5.38. The number of aromatic nitrogens is 1. The quantitative estimate of drug-likeness (QED) is 0.730. The molecule has 0 fully saturated rings. The highest BCUT2D eigenvalue weighted by molar-refractivity contribution is 5.90. The molecule has 0 amide bonds. The van der Waals surface area contributed by atoms with Crippen LogP contribution in [0, 0.1) is 6.92 Å². The number of benzene rings is 2. The number of H-pyrrole nitrogens is 1. The molecule has 0 unspecified atom stereocenters. The zero-order valence-electron chi connectivity index (χ0n) is 14.6. The van der Waals surface area contributed by atoms with Crippen LogP contribution in [0.3, 0.4) is 0 Å². The van der Waals surface area contributed by atoms with Gasteiger partial charge in [-0.25, -0.2) is 4.98 Å². The number of ether oxygens (including phenoxy) is 1. The molecule has 3 aromatic rings. The third-order valence-electron chi connectivity index (χ3n) is 4.32. The minimum absolute atomic E-state index is 0.390. The predicted octanol–water partition coefficient (Wildman–Crippen LogP) is 4.40. The van der Waals surface area contributed by atoms with E-state index in [1.165, 1.54) is 5.56 Å². The Morgan fingerprint density at radius 1 is 1.08 bits per heavy atom. The molecular weight excluding hydrogens is 296 g/mol. The van der Waals surface area contributed by atoms with Crippen molar-refractivity contribution in [3.05, 3.63) is 65.9 Å². The van der Waals surface area contributed by atoms with Crippen LogP contribution in [0.1, 0.15) is 24.6 Å². The van der Waals surface area contributed by atoms with Crippen LogP contribution >= 0.6 is 0 Å². The molecule has 24 heavy (non-hydrogen) atoms. The minimum Gasteiger partial charge on any atom is -0.497 e. The summed E-state index contributed by atoms with van der Waals surface area (Å²) in [5.41, 5.74) is 4.80. The zero-order chi connectivity index (χ0) is 16.9. The van der Waals surface area contributed by atoms with Gasteiger partial charge in [0.2, 0.25) is 5.52 Å². The highest BCUT2D eigenvalue weighted by Gasteiger charge is 2.12. The van der Waals surface area contributed by atoms with Gasteiger partial charge in [0.25, 0.3) is 0 Å². The first kappa shape index (κ1) is 16.3. The standard InChI is InChI=1S/C21H24N2O/c1-15(9-10-17-7-5-4-6-8-17)22-21-13-16(2)23-20-12-11-18(24-3)14-19(20)21/h4-8,11-15H,9-10H2,1-3H3,(H,22,23)/p+1/t15-/m1/s1. The van der Waals surface area contributed by atoms with Crippen molar-refractivity contribution in [1.29, 1.82) is 0 Å². The Morgan fingerprint density at radius 2 is 1.88 bits per heavy atom. The summed E-state index contributed by atoms with van der Waals surface area (Å²) in [6, 6.07) is 19.3. The average Bonchev–Trinajstić information content (AvgIpc) is 2.60. The third kappa shape index (κ3) is 3.85. The molecule has 3 heteroatoms. The van der Waals surface area contributed by atoms with E-state index in [1.54, 1.807) is 7.11 Å². The molecule has 1 heterocycles. The minimum atomic E-state index is 0.390. The summed E-state index contributed by atoms with van der Waals surface area (Å²) in [7, 11) is 1.70. The molecule has 2 aromatic carbocycles. The fourth-order valence-electron chi connectivity index (χ4n) is 3.01. The Hall–Kier alpha value is -2.55. The number of aromatic amines is 1. The van der Waals surface area contributed by atoms with Gasteiger partial charge in [0, 0.05) is 25.1 Å². The van der Waals surface area contributed by atoms with Gasteiger partial charge in [-0.05, 0) is 37.5 Å². The van der Waals surface area contributed by atoms with Crippen LogP contribution in [0.25, 0.3) is 10.9 Å². The Morgan fingerprint density at radius 3 is 2.62 bits per heavy atom. The Balaban J connectivity index is 1.78. The largest absolute Gasteiger partial charge is 0.497 e. The van der Waals surface area contributed by atoms with Gasteiger partial charge in [0.05, 0.1) is 18.2 Å². The van der Waals surface area contributed by atoms with E-state index < -0.39 is 0 Å². The van der Waals surface area contributed by atoms with Crippen LogP contribution in [0.15, 0.2) is 54.6 Å². The van der Waals surface area contributed by atoms with E-state index in [9.17, 15) is 0 Å². The van der Waals surface area contributed by atoms with Crippen molar-refractivity contribution in [3.63, 3.8) is 0 Å². The summed E-state index contributed by atoms with van der Waals surface area (Å²) >= 11 is 0. The lowest BCUT2D eigenvalue weighted by atomic mass is 10.1. The van der Waals surface area contributed by atoms with Gasteiger partial charge in [-0.3, -0.25) is 0 Å². The van der Waals surface area contributed by atoms with E-state index >= 15 is 0 Å². The second-order valence-electron chi connectivity index (χ2n) is 6.35. The number of pyridine rings is 1. The van der Waals surface area contributed by atoms with Crippen molar-refractivity contribution in [2.75, 3.05) is 12.4 Å². The third-order valence-corrected chi connectivity index (χ3v) is 4.32. The van der Waals surface area contributed by atoms with Crippen LogP contribution in [0.5, 0.6) is 5.75 Å². The van der Waals surface area contributed by atoms with Crippen LogP contribution in [-0.2, 0) is 6.42 Å². The maximum absolute atomic E-state index is 5.38. The summed E-state index contributed by atoms with van der Waals surface area (Å²) in [6.07, 6.45) is 2.17. The van der Waals surface area contributed by atoms with Gasteiger partial charge in [0.15, 0.2) is 5.69 Å². The molecule has 0 bridgehead atoms. The Kier molecular flexibility index (Phi) is 4.99. The van der Waals surface area contributed by atoms with Crippen molar-refractivity contribution in [1.82, 2.24) is 0 Å². The van der Waals surface area contributed by atoms with Crippen LogP contribution in [-0.4, -0.2) is 13.2 Å². The summed E-state index contributed by atoms with van der Waals surface area (Å²) in [5, 5.41) is 4.83. The first-order valence-corrected chi connectivity index (χ1v) is 8.47. The number of nitrogens with one attached hydrogen (secondary N) is 2. The van der Waals surface area contributed by atoms with Gasteiger partial charge < -0.3 is 10.1 Å². The molecule has 1 atom stereocenters. The highest BCUT2D eigenvalue weighted by atomic mass is 16.5. The summed E-state index contributed by atoms with van der Waals surface area (Å²) in [5.74, 6) is 0.875. The molecule has 0 saturated heterocycles. The van der Waals surface area contributed by atoms with Gasteiger partial charge in [-0.15, -0.1) is 0 Å². The molecule has 0 saturated carbocycles. The van der Waals surface area contributed by atoms with Gasteiger partial charge in [-0.1, -0.05) is 30.3 Å². The van der Waals surface area contributed by atoms with Crippen LogP contribution < -0.4 is 15.0 Å². The average molecular weight is 321 g/mol. The Labute approximate surface area is 143 Å². The van der Waals surface area contributed by atoms with Crippen molar-refractivity contribution in [2.45, 2.75) is 32.7 Å². The number of hydrogen-bond acceptors (Lipinski definition) is 2. The molecular formula is C21H25N2O+. The van der Waals surface area contributed by atoms with E-state index in [4.69, 9.17) is 4.74 Å². The molecule has 2 N–H and O–H groups in total. The number of aryl methyl sites for hydroxylation is 2. The van der Waals surface area contributed by atoms with Crippen molar-refractivity contribution in [2.24, 2.45) is 0 Å². The SMILES string of the molecule is COc1ccc2[nH+]c(C)cc(N[C@H](C)CCc3ccccc3)c2c1. The number of hydrogen-bond donors (Lipinski definition) is 1. The van der Waals surface area contributed by atoms with E-state index in [-0.39, 0.29) is 0 Å². The summed E-state index contributed by atoms with van der Waals surface area (Å²) in [6.45, 7) is 4.32. The lowest BCUT2D eigenvalue weighted by molar-refractivity contribution is -0.354. The monoisotopic (exact) mass is 321 g/mol. The number of methoxy groups -OCH3 is 1.